The molecule has 0 radical (unpaired) electrons. The normalized spacial score (nSPS) is 28.6. The summed E-state index contributed by atoms with van der Waals surface area (Å²) >= 11 is 0. The highest BCUT2D eigenvalue weighted by Crippen LogP contribution is 2.40. The fourth-order valence-corrected chi connectivity index (χ4v) is 3.12. The number of hydrogen-bond acceptors (Lipinski definition) is 2. The molecule has 2 rings (SSSR count). The second-order valence-corrected chi connectivity index (χ2v) is 6.17. The zero-order valence-electron chi connectivity index (χ0n) is 12.1. The van der Waals surface area contributed by atoms with Gasteiger partial charge >= 0.3 is 0 Å². The molecule has 0 atom stereocenters. The van der Waals surface area contributed by atoms with E-state index >= 15 is 0 Å². The van der Waals surface area contributed by atoms with Crippen LogP contribution in [0.4, 0.5) is 0 Å². The summed E-state index contributed by atoms with van der Waals surface area (Å²) in [5.41, 5.74) is 8.97. The largest absolute Gasteiger partial charge is 0.330 e. The van der Waals surface area contributed by atoms with Gasteiger partial charge in [0, 0.05) is 12.7 Å². The van der Waals surface area contributed by atoms with Crippen molar-refractivity contribution in [2.24, 2.45) is 24.1 Å². The molecule has 1 aromatic rings. The summed E-state index contributed by atoms with van der Waals surface area (Å²) in [5.74, 6) is 0.877. The third-order valence-corrected chi connectivity index (χ3v) is 4.71. The predicted molar refractivity (Wildman–Crippen MR) is 75.4 cm³/mol. The standard InChI is InChI=1S/C15H27N3/c1-4-13-9-14(18(3)17-13)10-15(11-16)7-5-12(2)6-8-15/h9,12H,4-8,10-11,16H2,1-3H3. The third-order valence-electron chi connectivity index (χ3n) is 4.71. The lowest BCUT2D eigenvalue weighted by atomic mass is 9.68. The van der Waals surface area contributed by atoms with Crippen molar-refractivity contribution in [1.29, 1.82) is 0 Å². The first-order chi connectivity index (χ1) is 8.58. The number of rotatable bonds is 4. The van der Waals surface area contributed by atoms with Gasteiger partial charge < -0.3 is 5.73 Å². The first-order valence-corrected chi connectivity index (χ1v) is 7.30. The molecule has 1 saturated carbocycles. The maximum Gasteiger partial charge on any atom is 0.0624 e. The van der Waals surface area contributed by atoms with E-state index in [0.717, 1.165) is 25.3 Å². The molecule has 3 nitrogen and oxygen atoms in total. The van der Waals surface area contributed by atoms with Gasteiger partial charge in [0.05, 0.1) is 5.69 Å². The van der Waals surface area contributed by atoms with E-state index in [4.69, 9.17) is 5.73 Å². The molecule has 2 N–H and O–H groups in total. The van der Waals surface area contributed by atoms with Crippen LogP contribution in [-0.4, -0.2) is 16.3 Å². The van der Waals surface area contributed by atoms with Crippen molar-refractivity contribution in [1.82, 2.24) is 9.78 Å². The summed E-state index contributed by atoms with van der Waals surface area (Å²) in [4.78, 5) is 0. The van der Waals surface area contributed by atoms with Crippen LogP contribution in [0.3, 0.4) is 0 Å². The molecule has 3 heteroatoms. The second kappa shape index (κ2) is 5.43. The molecule has 102 valence electrons. The van der Waals surface area contributed by atoms with Crippen LogP contribution in [0, 0.1) is 11.3 Å². The molecule has 0 unspecified atom stereocenters. The minimum absolute atomic E-state index is 0.325. The Balaban J connectivity index is 2.12. The topological polar surface area (TPSA) is 43.8 Å². The molecule has 1 heterocycles. The average molecular weight is 249 g/mol. The van der Waals surface area contributed by atoms with Crippen molar-refractivity contribution in [3.05, 3.63) is 17.5 Å². The number of hydrogen-bond donors (Lipinski definition) is 1. The monoisotopic (exact) mass is 249 g/mol. The SMILES string of the molecule is CCc1cc(CC2(CN)CCC(C)CC2)n(C)n1. The lowest BCUT2D eigenvalue weighted by Gasteiger charge is -2.38. The molecule has 1 aliphatic carbocycles. The fourth-order valence-electron chi connectivity index (χ4n) is 3.12. The van der Waals surface area contributed by atoms with Crippen molar-refractivity contribution in [2.45, 2.75) is 52.4 Å². The summed E-state index contributed by atoms with van der Waals surface area (Å²) in [6.45, 7) is 5.33. The van der Waals surface area contributed by atoms with Crippen LogP contribution in [0.25, 0.3) is 0 Å². The Morgan fingerprint density at radius 3 is 2.61 bits per heavy atom. The molecule has 0 aliphatic heterocycles. The summed E-state index contributed by atoms with van der Waals surface area (Å²) < 4.78 is 2.05. The van der Waals surface area contributed by atoms with Gasteiger partial charge in [0.1, 0.15) is 0 Å². The van der Waals surface area contributed by atoms with Crippen molar-refractivity contribution >= 4 is 0 Å². The van der Waals surface area contributed by atoms with Crippen LogP contribution >= 0.6 is 0 Å². The Labute approximate surface area is 111 Å². The van der Waals surface area contributed by atoms with Gasteiger partial charge in [-0.1, -0.05) is 26.7 Å². The van der Waals surface area contributed by atoms with Gasteiger partial charge in [-0.15, -0.1) is 0 Å². The maximum atomic E-state index is 6.09. The molecule has 0 aromatic carbocycles. The van der Waals surface area contributed by atoms with Gasteiger partial charge in [-0.2, -0.15) is 5.10 Å². The molecule has 0 saturated heterocycles. The number of nitrogens with two attached hydrogens (primary N) is 1. The lowest BCUT2D eigenvalue weighted by molar-refractivity contribution is 0.160. The minimum atomic E-state index is 0.325. The van der Waals surface area contributed by atoms with Crippen LogP contribution < -0.4 is 5.73 Å². The quantitative estimate of drug-likeness (QED) is 0.891. The fraction of sp³-hybridized carbons (Fsp3) is 0.800. The van der Waals surface area contributed by atoms with Gasteiger partial charge in [-0.05, 0) is 49.6 Å². The zero-order valence-corrected chi connectivity index (χ0v) is 12.1. The van der Waals surface area contributed by atoms with E-state index in [1.165, 1.54) is 37.1 Å². The molecule has 1 aromatic heterocycles. The third kappa shape index (κ3) is 2.77. The van der Waals surface area contributed by atoms with Crippen molar-refractivity contribution in [3.8, 4) is 0 Å². The van der Waals surface area contributed by atoms with E-state index in [9.17, 15) is 0 Å². The van der Waals surface area contributed by atoms with Crippen LogP contribution in [-0.2, 0) is 19.9 Å². The Morgan fingerprint density at radius 1 is 1.44 bits per heavy atom. The van der Waals surface area contributed by atoms with Gasteiger partial charge in [0.2, 0.25) is 0 Å². The van der Waals surface area contributed by atoms with E-state index < -0.39 is 0 Å². The number of aryl methyl sites for hydroxylation is 2. The Morgan fingerprint density at radius 2 is 2.11 bits per heavy atom. The Bertz CT molecular complexity index is 386. The summed E-state index contributed by atoms with van der Waals surface area (Å²) in [6, 6.07) is 2.26. The van der Waals surface area contributed by atoms with Gasteiger partial charge in [0.15, 0.2) is 0 Å². The smallest absolute Gasteiger partial charge is 0.0624 e. The highest BCUT2D eigenvalue weighted by molar-refractivity contribution is 5.13. The van der Waals surface area contributed by atoms with Crippen LogP contribution in [0.1, 0.15) is 50.9 Å². The van der Waals surface area contributed by atoms with Gasteiger partial charge in [0.25, 0.3) is 0 Å². The predicted octanol–water partition coefficient (Wildman–Crippen LogP) is 2.68. The first-order valence-electron chi connectivity index (χ1n) is 7.30. The maximum absolute atomic E-state index is 6.09. The van der Waals surface area contributed by atoms with E-state index in [1.807, 2.05) is 4.68 Å². The van der Waals surface area contributed by atoms with Crippen LogP contribution in [0.5, 0.6) is 0 Å². The van der Waals surface area contributed by atoms with Crippen molar-refractivity contribution in [2.75, 3.05) is 6.54 Å². The molecule has 1 aliphatic rings. The van der Waals surface area contributed by atoms with E-state index in [0.29, 0.717) is 5.41 Å². The molecular formula is C15H27N3. The van der Waals surface area contributed by atoms with Crippen LogP contribution in [0.2, 0.25) is 0 Å². The van der Waals surface area contributed by atoms with E-state index in [1.54, 1.807) is 0 Å². The minimum Gasteiger partial charge on any atom is -0.330 e. The lowest BCUT2D eigenvalue weighted by Crippen LogP contribution is -2.37. The number of nitrogens with zero attached hydrogens (tertiary/aromatic N) is 2. The summed E-state index contributed by atoms with van der Waals surface area (Å²) in [6.07, 6.45) is 7.32. The highest BCUT2D eigenvalue weighted by atomic mass is 15.3. The molecule has 0 spiro atoms. The molecule has 0 amide bonds. The highest BCUT2D eigenvalue weighted by Gasteiger charge is 2.33. The van der Waals surface area contributed by atoms with Crippen molar-refractivity contribution in [3.63, 3.8) is 0 Å². The molecule has 18 heavy (non-hydrogen) atoms. The van der Waals surface area contributed by atoms with E-state index in [2.05, 4.69) is 32.1 Å². The Kier molecular flexibility index (Phi) is 4.10. The van der Waals surface area contributed by atoms with Gasteiger partial charge in [-0.3, -0.25) is 4.68 Å². The van der Waals surface area contributed by atoms with Crippen molar-refractivity contribution < 1.29 is 0 Å². The first kappa shape index (κ1) is 13.6. The molecule has 1 fully saturated rings. The molecular weight excluding hydrogens is 222 g/mol. The second-order valence-electron chi connectivity index (χ2n) is 6.17. The molecule has 0 bridgehead atoms. The van der Waals surface area contributed by atoms with E-state index in [-0.39, 0.29) is 0 Å². The van der Waals surface area contributed by atoms with Gasteiger partial charge in [-0.25, -0.2) is 0 Å². The van der Waals surface area contributed by atoms with Crippen LogP contribution in [0.15, 0.2) is 6.07 Å². The number of aromatic nitrogens is 2. The summed E-state index contributed by atoms with van der Waals surface area (Å²) in [5, 5.41) is 4.55. The average Bonchev–Trinajstić information content (AvgIpc) is 2.73. The Hall–Kier alpha value is -0.830. The zero-order chi connectivity index (χ0) is 13.2. The summed E-state index contributed by atoms with van der Waals surface area (Å²) in [7, 11) is 2.06.